The van der Waals surface area contributed by atoms with Crippen LogP contribution in [-0.2, 0) is 4.31 Å². The molecule has 0 heterocycles. The van der Waals surface area contributed by atoms with E-state index in [4.69, 9.17) is 32.2 Å². The van der Waals surface area contributed by atoms with E-state index in [0.717, 1.165) is 25.7 Å². The maximum absolute atomic E-state index is 10.00. The smallest absolute Gasteiger partial charge is 0.334 e. The Bertz CT molecular complexity index is 374. The predicted molar refractivity (Wildman–Crippen MR) is 142 cm³/mol. The summed E-state index contributed by atoms with van der Waals surface area (Å²) in [5, 5.41) is 20.0. The molecule has 0 saturated carbocycles. The minimum Gasteiger partial charge on any atom is -0.396 e. The first-order chi connectivity index (χ1) is 15.2. The van der Waals surface area contributed by atoms with E-state index in [1.165, 1.54) is 64.2 Å². The largest absolute Gasteiger partial charge is 0.396 e. The molecule has 0 aliphatic rings. The molecule has 0 rings (SSSR count). The average Bonchev–Trinajstić information content (AvgIpc) is 2.74. The molecular weight excluding hydrogens is 490 g/mol. The zero-order valence-electron chi connectivity index (χ0n) is 19.9. The Morgan fingerprint density at radius 2 is 1.00 bits per heavy atom. The maximum atomic E-state index is 10.00. The van der Waals surface area contributed by atoms with Gasteiger partial charge >= 0.3 is 17.2 Å². The van der Waals surface area contributed by atoms with Crippen LogP contribution in [0.15, 0.2) is 0 Å². The SMILES string of the molecule is CCCCCCCCC(S)(CCCCCCCC)C(CO)(CO)CS.OP(O)OP(O)O. The molecule has 196 valence electrons. The molecule has 0 aliphatic heterocycles. The van der Waals surface area contributed by atoms with Crippen LogP contribution >= 0.6 is 42.5 Å². The Morgan fingerprint density at radius 1 is 0.656 bits per heavy atom. The monoisotopic (exact) mass is 538 g/mol. The van der Waals surface area contributed by atoms with Gasteiger partial charge in [-0.2, -0.15) is 25.3 Å². The van der Waals surface area contributed by atoms with Crippen LogP contribution in [-0.4, -0.2) is 53.5 Å². The van der Waals surface area contributed by atoms with Gasteiger partial charge in [-0.3, -0.25) is 0 Å². The molecule has 0 aromatic rings. The third-order valence-corrected chi connectivity index (χ3v) is 8.62. The van der Waals surface area contributed by atoms with E-state index in [2.05, 4.69) is 30.8 Å². The van der Waals surface area contributed by atoms with E-state index in [-0.39, 0.29) is 18.0 Å². The zero-order chi connectivity index (χ0) is 24.9. The minimum absolute atomic E-state index is 0.0395. The van der Waals surface area contributed by atoms with Crippen molar-refractivity contribution in [3.8, 4) is 0 Å². The van der Waals surface area contributed by atoms with Gasteiger partial charge in [0, 0.05) is 15.9 Å². The van der Waals surface area contributed by atoms with Gasteiger partial charge < -0.3 is 29.8 Å². The first kappa shape index (κ1) is 35.4. The molecule has 0 bridgehead atoms. The summed E-state index contributed by atoms with van der Waals surface area (Å²) in [6.45, 7) is 4.40. The van der Waals surface area contributed by atoms with Crippen molar-refractivity contribution in [2.75, 3.05) is 19.0 Å². The molecule has 7 nitrogen and oxygen atoms in total. The number of unbranched alkanes of at least 4 members (excludes halogenated alkanes) is 10. The molecule has 32 heavy (non-hydrogen) atoms. The van der Waals surface area contributed by atoms with Gasteiger partial charge in [0.15, 0.2) is 0 Å². The fraction of sp³-hybridized carbons (Fsp3) is 1.00. The second kappa shape index (κ2) is 22.7. The Balaban J connectivity index is 0. The number of thiol groups is 2. The summed E-state index contributed by atoms with van der Waals surface area (Å²) in [4.78, 5) is 31.3. The van der Waals surface area contributed by atoms with Crippen LogP contribution in [0.4, 0.5) is 0 Å². The van der Waals surface area contributed by atoms with Crippen LogP contribution in [0.2, 0.25) is 0 Å². The average molecular weight is 539 g/mol. The van der Waals surface area contributed by atoms with E-state index in [0.29, 0.717) is 5.75 Å². The molecule has 0 saturated heterocycles. The topological polar surface area (TPSA) is 131 Å². The summed E-state index contributed by atoms with van der Waals surface area (Å²) in [6, 6.07) is 0. The predicted octanol–water partition coefficient (Wildman–Crippen LogP) is 5.48. The van der Waals surface area contributed by atoms with Crippen molar-refractivity contribution in [1.82, 2.24) is 0 Å². The van der Waals surface area contributed by atoms with Gasteiger partial charge in [0.25, 0.3) is 0 Å². The van der Waals surface area contributed by atoms with E-state index in [1.807, 2.05) is 0 Å². The Labute approximate surface area is 209 Å². The van der Waals surface area contributed by atoms with Crippen molar-refractivity contribution in [2.45, 2.75) is 108 Å². The second-order valence-corrected chi connectivity index (χ2v) is 11.2. The van der Waals surface area contributed by atoms with Gasteiger partial charge in [0.2, 0.25) is 0 Å². The summed E-state index contributed by atoms with van der Waals surface area (Å²) < 4.78 is 3.28. The highest BCUT2D eigenvalue weighted by atomic mass is 32.1. The van der Waals surface area contributed by atoms with Gasteiger partial charge in [-0.1, -0.05) is 90.9 Å². The number of rotatable bonds is 20. The van der Waals surface area contributed by atoms with Crippen LogP contribution in [0, 0.1) is 5.41 Å². The number of aliphatic hydroxyl groups is 2. The summed E-state index contributed by atoms with van der Waals surface area (Å²) in [5.41, 5.74) is -0.591. The van der Waals surface area contributed by atoms with E-state index in [9.17, 15) is 10.2 Å². The zero-order valence-corrected chi connectivity index (χ0v) is 23.5. The van der Waals surface area contributed by atoms with Crippen molar-refractivity contribution in [3.05, 3.63) is 0 Å². The van der Waals surface area contributed by atoms with Crippen molar-refractivity contribution in [3.63, 3.8) is 0 Å². The lowest BCUT2D eigenvalue weighted by Crippen LogP contribution is -2.51. The number of aliphatic hydroxyl groups excluding tert-OH is 2. The highest BCUT2D eigenvalue weighted by molar-refractivity contribution is 7.82. The van der Waals surface area contributed by atoms with Crippen molar-refractivity contribution in [2.24, 2.45) is 5.41 Å². The van der Waals surface area contributed by atoms with Crippen LogP contribution < -0.4 is 0 Å². The van der Waals surface area contributed by atoms with Crippen molar-refractivity contribution in [1.29, 1.82) is 0 Å². The van der Waals surface area contributed by atoms with E-state index >= 15 is 0 Å². The normalized spacial score (nSPS) is 12.4. The lowest BCUT2D eigenvalue weighted by molar-refractivity contribution is 0.0324. The van der Waals surface area contributed by atoms with Gasteiger partial charge in [0.05, 0.1) is 13.2 Å². The molecule has 0 aromatic carbocycles. The molecule has 0 radical (unpaired) electrons. The Hall–Kier alpha value is 1.28. The lowest BCUT2D eigenvalue weighted by Gasteiger charge is -2.46. The molecule has 0 aromatic heterocycles. The van der Waals surface area contributed by atoms with Gasteiger partial charge in [-0.15, -0.1) is 0 Å². The number of hydrogen-bond donors (Lipinski definition) is 8. The third kappa shape index (κ3) is 16.8. The first-order valence-corrected chi connectivity index (χ1v) is 15.2. The van der Waals surface area contributed by atoms with Crippen molar-refractivity contribution >= 4 is 42.5 Å². The molecule has 0 unspecified atom stereocenters. The fourth-order valence-corrected chi connectivity index (χ4v) is 5.39. The molecule has 0 fully saturated rings. The summed E-state index contributed by atoms with van der Waals surface area (Å²) in [6.07, 6.45) is 17.0. The third-order valence-electron chi connectivity index (χ3n) is 5.93. The minimum atomic E-state index is -2.61. The molecule has 0 spiro atoms. The van der Waals surface area contributed by atoms with Crippen LogP contribution in [0.5, 0.6) is 0 Å². The Kier molecular flexibility index (Phi) is 25.2. The van der Waals surface area contributed by atoms with Crippen LogP contribution in [0.1, 0.15) is 104 Å². The highest BCUT2D eigenvalue weighted by Gasteiger charge is 2.46. The van der Waals surface area contributed by atoms with Gasteiger partial charge in [-0.05, 0) is 12.8 Å². The van der Waals surface area contributed by atoms with Crippen LogP contribution in [0.25, 0.3) is 0 Å². The molecule has 0 atom stereocenters. The molecule has 6 N–H and O–H groups in total. The quantitative estimate of drug-likeness (QED) is 0.0585. The second-order valence-electron chi connectivity index (χ2n) is 8.41. The standard InChI is InChI=1S/C21H44O2S2.H4O5P2/c1-3-5-7-9-11-13-15-21(25,20(17-22,18-23)19-24)16-14-12-10-8-6-4-2;1-6(2)5-7(3)4/h22-25H,3-19H2,1-2H3;1-4H. The maximum Gasteiger partial charge on any atom is 0.334 e. The summed E-state index contributed by atoms with van der Waals surface area (Å²) >= 11 is 9.53. The van der Waals surface area contributed by atoms with Crippen molar-refractivity contribution < 1.29 is 34.1 Å². The van der Waals surface area contributed by atoms with E-state index < -0.39 is 22.6 Å². The molecule has 0 amide bonds. The van der Waals surface area contributed by atoms with Gasteiger partial charge in [-0.25, -0.2) is 4.31 Å². The lowest BCUT2D eigenvalue weighted by atomic mass is 9.71. The first-order valence-electron chi connectivity index (χ1n) is 11.8. The van der Waals surface area contributed by atoms with Gasteiger partial charge in [0.1, 0.15) is 0 Å². The summed E-state index contributed by atoms with van der Waals surface area (Å²) in [5.74, 6) is 0.481. The fourth-order valence-electron chi connectivity index (χ4n) is 3.71. The summed E-state index contributed by atoms with van der Waals surface area (Å²) in [7, 11) is -5.22. The molecule has 11 heteroatoms. The Morgan fingerprint density at radius 3 is 1.25 bits per heavy atom. The number of hydrogen-bond acceptors (Lipinski definition) is 9. The molecule has 0 aliphatic carbocycles. The van der Waals surface area contributed by atoms with Crippen LogP contribution in [0.3, 0.4) is 0 Å². The highest BCUT2D eigenvalue weighted by Crippen LogP contribution is 2.45. The molecular formula is C21H48O7P2S2. The van der Waals surface area contributed by atoms with E-state index in [1.54, 1.807) is 0 Å².